The highest BCUT2D eigenvalue weighted by Gasteiger charge is 2.14. The number of aromatic nitrogens is 2. The van der Waals surface area contributed by atoms with Crippen LogP contribution in [0.15, 0.2) is 22.9 Å². The molecule has 0 saturated heterocycles. The number of nitrogens with zero attached hydrogens (tertiary/aromatic N) is 2. The van der Waals surface area contributed by atoms with Crippen LogP contribution < -0.4 is 5.32 Å². The van der Waals surface area contributed by atoms with Crippen LogP contribution in [0.5, 0.6) is 0 Å². The Labute approximate surface area is 118 Å². The average Bonchev–Trinajstić information content (AvgIpc) is 2.73. The number of aryl methyl sites for hydroxylation is 2. The third kappa shape index (κ3) is 2.93. The molecule has 0 bridgehead atoms. The van der Waals surface area contributed by atoms with E-state index in [1.807, 2.05) is 6.92 Å². The molecule has 0 aliphatic carbocycles. The van der Waals surface area contributed by atoms with Gasteiger partial charge in [0.2, 0.25) is 0 Å². The Morgan fingerprint density at radius 2 is 2.21 bits per heavy atom. The molecule has 0 aliphatic heterocycles. The molecule has 2 aromatic rings. The zero-order chi connectivity index (χ0) is 14.0. The van der Waals surface area contributed by atoms with Gasteiger partial charge >= 0.3 is 0 Å². The Balaban J connectivity index is 2.23. The molecule has 0 spiro atoms. The second kappa shape index (κ2) is 5.40. The average molecular weight is 325 g/mol. The van der Waals surface area contributed by atoms with E-state index in [0.29, 0.717) is 17.8 Å². The number of imidazole rings is 1. The minimum Gasteiger partial charge on any atom is -0.378 e. The van der Waals surface area contributed by atoms with E-state index in [2.05, 4.69) is 31.2 Å². The van der Waals surface area contributed by atoms with Crippen LogP contribution in [-0.4, -0.2) is 14.9 Å². The van der Waals surface area contributed by atoms with Crippen molar-refractivity contribution < 1.29 is 4.92 Å². The third-order valence-electron chi connectivity index (χ3n) is 2.86. The Morgan fingerprint density at radius 3 is 2.79 bits per heavy atom. The topological polar surface area (TPSA) is 83.8 Å². The molecule has 1 aromatic heterocycles. The maximum absolute atomic E-state index is 10.9. The van der Waals surface area contributed by atoms with E-state index in [0.717, 1.165) is 15.9 Å². The lowest BCUT2D eigenvalue weighted by Crippen LogP contribution is -2.03. The van der Waals surface area contributed by atoms with Gasteiger partial charge in [0.1, 0.15) is 0 Å². The largest absolute Gasteiger partial charge is 0.378 e. The monoisotopic (exact) mass is 324 g/mol. The summed E-state index contributed by atoms with van der Waals surface area (Å²) in [6.45, 7) is 4.15. The smallest absolute Gasteiger partial charge is 0.274 e. The van der Waals surface area contributed by atoms with Crippen molar-refractivity contribution in [3.63, 3.8) is 0 Å². The van der Waals surface area contributed by atoms with E-state index in [4.69, 9.17) is 0 Å². The molecule has 0 fully saturated rings. The predicted molar refractivity (Wildman–Crippen MR) is 76.2 cm³/mol. The zero-order valence-corrected chi connectivity index (χ0v) is 12.1. The molecule has 0 saturated carbocycles. The van der Waals surface area contributed by atoms with Crippen molar-refractivity contribution in [2.24, 2.45) is 0 Å². The number of hydrogen-bond donors (Lipinski definition) is 2. The van der Waals surface area contributed by atoms with Gasteiger partial charge in [0.05, 0.1) is 29.2 Å². The summed E-state index contributed by atoms with van der Waals surface area (Å²) in [5.41, 5.74) is 3.27. The highest BCUT2D eigenvalue weighted by molar-refractivity contribution is 9.10. The van der Waals surface area contributed by atoms with Gasteiger partial charge in [0.15, 0.2) is 0 Å². The summed E-state index contributed by atoms with van der Waals surface area (Å²) < 4.78 is 0.795. The normalized spacial score (nSPS) is 10.5. The van der Waals surface area contributed by atoms with Gasteiger partial charge in [-0.2, -0.15) is 0 Å². The van der Waals surface area contributed by atoms with E-state index in [-0.39, 0.29) is 10.6 Å². The van der Waals surface area contributed by atoms with Crippen LogP contribution in [0.2, 0.25) is 0 Å². The van der Waals surface area contributed by atoms with Crippen molar-refractivity contribution in [1.82, 2.24) is 9.97 Å². The predicted octanol–water partition coefficient (Wildman–Crippen LogP) is 3.31. The van der Waals surface area contributed by atoms with Gasteiger partial charge < -0.3 is 10.3 Å². The molecule has 7 heteroatoms. The molecular weight excluding hydrogens is 312 g/mol. The fourth-order valence-corrected chi connectivity index (χ4v) is 2.34. The molecule has 0 radical (unpaired) electrons. The molecule has 19 heavy (non-hydrogen) atoms. The standard InChI is InChI=1S/C12H13BrN4O2/c1-7-3-9(13)10(4-12(7)17(18)19)14-5-11-8(2)15-6-16-11/h3-4,6,14H,5H2,1-2H3,(H,15,16). The highest BCUT2D eigenvalue weighted by atomic mass is 79.9. The van der Waals surface area contributed by atoms with Crippen molar-refractivity contribution in [3.8, 4) is 0 Å². The molecule has 1 heterocycles. The Kier molecular flexibility index (Phi) is 3.84. The molecule has 0 atom stereocenters. The van der Waals surface area contributed by atoms with Crippen molar-refractivity contribution in [1.29, 1.82) is 0 Å². The van der Waals surface area contributed by atoms with Crippen molar-refractivity contribution in [2.75, 3.05) is 5.32 Å². The molecule has 6 nitrogen and oxygen atoms in total. The lowest BCUT2D eigenvalue weighted by molar-refractivity contribution is -0.385. The maximum Gasteiger partial charge on any atom is 0.274 e. The number of H-pyrrole nitrogens is 1. The molecule has 0 unspecified atom stereocenters. The van der Waals surface area contributed by atoms with Gasteiger partial charge in [0, 0.05) is 21.8 Å². The summed E-state index contributed by atoms with van der Waals surface area (Å²) in [4.78, 5) is 17.7. The molecular formula is C12H13BrN4O2. The number of nitro groups is 1. The quantitative estimate of drug-likeness (QED) is 0.667. The SMILES string of the molecule is Cc1cc(Br)c(NCc2nc[nH]c2C)cc1[N+](=O)[O-]. The number of nitro benzene ring substituents is 1. The van der Waals surface area contributed by atoms with Gasteiger partial charge in [-0.25, -0.2) is 4.98 Å². The van der Waals surface area contributed by atoms with Crippen molar-refractivity contribution >= 4 is 27.3 Å². The number of rotatable bonds is 4. The van der Waals surface area contributed by atoms with E-state index in [1.54, 1.807) is 19.3 Å². The second-order valence-corrected chi connectivity index (χ2v) is 5.06. The number of halogens is 1. The highest BCUT2D eigenvalue weighted by Crippen LogP contribution is 2.30. The first-order valence-corrected chi connectivity index (χ1v) is 6.45. The van der Waals surface area contributed by atoms with E-state index >= 15 is 0 Å². The second-order valence-electron chi connectivity index (χ2n) is 4.20. The van der Waals surface area contributed by atoms with Crippen LogP contribution in [0.4, 0.5) is 11.4 Å². The Morgan fingerprint density at radius 1 is 1.47 bits per heavy atom. The molecule has 0 amide bonds. The van der Waals surface area contributed by atoms with E-state index in [9.17, 15) is 10.1 Å². The van der Waals surface area contributed by atoms with Gasteiger partial charge in [-0.1, -0.05) is 0 Å². The summed E-state index contributed by atoms with van der Waals surface area (Å²) in [6, 6.07) is 3.26. The third-order valence-corrected chi connectivity index (χ3v) is 3.52. The fourth-order valence-electron chi connectivity index (χ4n) is 1.74. The Bertz CT molecular complexity index is 624. The number of hydrogen-bond acceptors (Lipinski definition) is 4. The minimum absolute atomic E-state index is 0.101. The summed E-state index contributed by atoms with van der Waals surface area (Å²) >= 11 is 3.40. The zero-order valence-electron chi connectivity index (χ0n) is 10.5. The van der Waals surface area contributed by atoms with Crippen molar-refractivity contribution in [3.05, 3.63) is 50.0 Å². The summed E-state index contributed by atoms with van der Waals surface area (Å²) in [5, 5.41) is 14.1. The van der Waals surface area contributed by atoms with E-state index in [1.165, 1.54) is 6.07 Å². The number of anilines is 1. The van der Waals surface area contributed by atoms with Crippen LogP contribution in [0.25, 0.3) is 0 Å². The summed E-state index contributed by atoms with van der Waals surface area (Å²) in [7, 11) is 0. The first-order chi connectivity index (χ1) is 8.99. The number of nitrogens with one attached hydrogen (secondary N) is 2. The van der Waals surface area contributed by atoms with Gasteiger partial charge in [0.25, 0.3) is 5.69 Å². The van der Waals surface area contributed by atoms with Gasteiger partial charge in [-0.3, -0.25) is 10.1 Å². The fraction of sp³-hybridized carbons (Fsp3) is 0.250. The summed E-state index contributed by atoms with van der Waals surface area (Å²) in [6.07, 6.45) is 1.62. The molecule has 2 N–H and O–H groups in total. The van der Waals surface area contributed by atoms with Crippen LogP contribution in [0, 0.1) is 24.0 Å². The first kappa shape index (κ1) is 13.5. The van der Waals surface area contributed by atoms with Gasteiger partial charge in [-0.15, -0.1) is 0 Å². The van der Waals surface area contributed by atoms with Gasteiger partial charge in [-0.05, 0) is 35.8 Å². The minimum atomic E-state index is -0.382. The van der Waals surface area contributed by atoms with Crippen molar-refractivity contribution in [2.45, 2.75) is 20.4 Å². The molecule has 1 aromatic carbocycles. The first-order valence-electron chi connectivity index (χ1n) is 5.66. The van der Waals surface area contributed by atoms with Crippen LogP contribution in [0.3, 0.4) is 0 Å². The molecule has 0 aliphatic rings. The lowest BCUT2D eigenvalue weighted by Gasteiger charge is -2.09. The van der Waals surface area contributed by atoms with Crippen LogP contribution >= 0.6 is 15.9 Å². The van der Waals surface area contributed by atoms with Crippen LogP contribution in [-0.2, 0) is 6.54 Å². The molecule has 2 rings (SSSR count). The van der Waals surface area contributed by atoms with Crippen LogP contribution in [0.1, 0.15) is 17.0 Å². The maximum atomic E-state index is 10.9. The van der Waals surface area contributed by atoms with E-state index < -0.39 is 0 Å². The number of aromatic amines is 1. The number of benzene rings is 1. The Hall–Kier alpha value is -1.89. The molecule has 100 valence electrons. The lowest BCUT2D eigenvalue weighted by atomic mass is 10.2. The summed E-state index contributed by atoms with van der Waals surface area (Å²) in [5.74, 6) is 0.